The van der Waals surface area contributed by atoms with Crippen LogP contribution in [0.25, 0.3) is 11.4 Å². The molecule has 0 spiro atoms. The normalized spacial score (nSPS) is 22.2. The van der Waals surface area contributed by atoms with Crippen molar-refractivity contribution in [2.75, 3.05) is 13.1 Å². The predicted molar refractivity (Wildman–Crippen MR) is 82.1 cm³/mol. The molecule has 1 atom stereocenters. The maximum absolute atomic E-state index is 5.44. The van der Waals surface area contributed by atoms with Crippen molar-refractivity contribution < 1.29 is 4.52 Å². The second-order valence-electron chi connectivity index (χ2n) is 5.98. The summed E-state index contributed by atoms with van der Waals surface area (Å²) in [5.74, 6) is 1.45. The molecule has 5 nitrogen and oxygen atoms in total. The number of nitrogens with one attached hydrogen (secondary N) is 1. The third kappa shape index (κ3) is 3.17. The second kappa shape index (κ2) is 5.87. The van der Waals surface area contributed by atoms with Crippen LogP contribution in [0.4, 0.5) is 0 Å². The fourth-order valence-corrected chi connectivity index (χ4v) is 3.61. The van der Waals surface area contributed by atoms with Gasteiger partial charge < -0.3 is 9.84 Å². The van der Waals surface area contributed by atoms with Gasteiger partial charge in [0.2, 0.25) is 11.7 Å². The van der Waals surface area contributed by atoms with Crippen LogP contribution in [0.1, 0.15) is 31.6 Å². The molecule has 0 aromatic carbocycles. The first-order valence-electron chi connectivity index (χ1n) is 7.71. The van der Waals surface area contributed by atoms with Crippen molar-refractivity contribution in [2.24, 2.45) is 0 Å². The van der Waals surface area contributed by atoms with Gasteiger partial charge in [0.05, 0.1) is 6.54 Å². The summed E-state index contributed by atoms with van der Waals surface area (Å²) in [4.78, 5) is 7.05. The van der Waals surface area contributed by atoms with Crippen molar-refractivity contribution in [3.05, 3.63) is 22.7 Å². The van der Waals surface area contributed by atoms with Crippen molar-refractivity contribution in [1.82, 2.24) is 20.4 Å². The Morgan fingerprint density at radius 1 is 1.38 bits per heavy atom. The van der Waals surface area contributed by atoms with Gasteiger partial charge >= 0.3 is 0 Å². The third-order valence-electron chi connectivity index (χ3n) is 4.27. The Labute approximate surface area is 128 Å². The Kier molecular flexibility index (Phi) is 3.75. The van der Waals surface area contributed by atoms with Crippen molar-refractivity contribution in [3.8, 4) is 11.4 Å². The van der Waals surface area contributed by atoms with E-state index < -0.39 is 0 Å². The minimum atomic E-state index is 0.630. The highest BCUT2D eigenvalue weighted by atomic mass is 32.1. The number of thiophene rings is 1. The molecule has 112 valence electrons. The average molecular weight is 304 g/mol. The van der Waals surface area contributed by atoms with E-state index in [4.69, 9.17) is 4.52 Å². The summed E-state index contributed by atoms with van der Waals surface area (Å²) >= 11 is 1.65. The maximum Gasteiger partial charge on any atom is 0.241 e. The monoisotopic (exact) mass is 304 g/mol. The summed E-state index contributed by atoms with van der Waals surface area (Å²) in [6.07, 6.45) is 5.19. The van der Waals surface area contributed by atoms with Gasteiger partial charge in [0, 0.05) is 29.6 Å². The molecular weight excluding hydrogens is 284 g/mol. The smallest absolute Gasteiger partial charge is 0.241 e. The van der Waals surface area contributed by atoms with Crippen LogP contribution in [-0.2, 0) is 6.54 Å². The highest BCUT2D eigenvalue weighted by Crippen LogP contribution is 2.29. The molecule has 2 fully saturated rings. The molecule has 2 aromatic rings. The van der Waals surface area contributed by atoms with E-state index in [-0.39, 0.29) is 0 Å². The van der Waals surface area contributed by atoms with Crippen molar-refractivity contribution in [1.29, 1.82) is 0 Å². The topological polar surface area (TPSA) is 54.2 Å². The lowest BCUT2D eigenvalue weighted by atomic mass is 10.2. The largest absolute Gasteiger partial charge is 0.338 e. The summed E-state index contributed by atoms with van der Waals surface area (Å²) in [5, 5.41) is 11.8. The van der Waals surface area contributed by atoms with Crippen LogP contribution in [0, 0.1) is 0 Å². The summed E-state index contributed by atoms with van der Waals surface area (Å²) in [6.45, 7) is 3.03. The SMILES string of the molecule is c1cc(-c2noc(CN(CC3CCCN3)C3CC3)n2)cs1. The molecule has 1 saturated carbocycles. The van der Waals surface area contributed by atoms with Gasteiger partial charge in [-0.1, -0.05) is 5.16 Å². The zero-order valence-electron chi connectivity index (χ0n) is 12.0. The van der Waals surface area contributed by atoms with E-state index in [0.29, 0.717) is 17.9 Å². The van der Waals surface area contributed by atoms with Crippen LogP contribution >= 0.6 is 11.3 Å². The fourth-order valence-electron chi connectivity index (χ4n) is 2.98. The van der Waals surface area contributed by atoms with Gasteiger partial charge in [-0.2, -0.15) is 16.3 Å². The number of hydrogen-bond acceptors (Lipinski definition) is 6. The molecule has 1 aliphatic heterocycles. The third-order valence-corrected chi connectivity index (χ3v) is 4.95. The zero-order valence-corrected chi connectivity index (χ0v) is 12.8. The minimum absolute atomic E-state index is 0.630. The molecular formula is C15H20N4OS. The number of hydrogen-bond donors (Lipinski definition) is 1. The Balaban J connectivity index is 1.43. The fraction of sp³-hybridized carbons (Fsp3) is 0.600. The first kappa shape index (κ1) is 13.4. The van der Waals surface area contributed by atoms with Crippen molar-refractivity contribution in [2.45, 2.75) is 44.3 Å². The van der Waals surface area contributed by atoms with Crippen LogP contribution in [0.5, 0.6) is 0 Å². The van der Waals surface area contributed by atoms with Gasteiger partial charge in [-0.25, -0.2) is 0 Å². The van der Waals surface area contributed by atoms with Gasteiger partial charge in [0.15, 0.2) is 0 Å². The van der Waals surface area contributed by atoms with Crippen molar-refractivity contribution in [3.63, 3.8) is 0 Å². The van der Waals surface area contributed by atoms with E-state index in [1.165, 1.54) is 25.7 Å². The molecule has 1 saturated heterocycles. The van der Waals surface area contributed by atoms with E-state index in [1.807, 2.05) is 11.4 Å². The van der Waals surface area contributed by atoms with Crippen LogP contribution in [0.15, 0.2) is 21.3 Å². The van der Waals surface area contributed by atoms with Gasteiger partial charge in [0.1, 0.15) is 0 Å². The molecule has 3 heterocycles. The summed E-state index contributed by atoms with van der Waals surface area (Å²) in [6, 6.07) is 3.37. The number of aromatic nitrogens is 2. The van der Waals surface area contributed by atoms with Gasteiger partial charge in [-0.15, -0.1) is 0 Å². The lowest BCUT2D eigenvalue weighted by Crippen LogP contribution is -2.38. The maximum atomic E-state index is 5.44. The molecule has 0 bridgehead atoms. The van der Waals surface area contributed by atoms with Crippen LogP contribution < -0.4 is 5.32 Å². The van der Waals surface area contributed by atoms with E-state index in [1.54, 1.807) is 11.3 Å². The van der Waals surface area contributed by atoms with Crippen molar-refractivity contribution >= 4 is 11.3 Å². The molecule has 1 aliphatic carbocycles. The molecule has 21 heavy (non-hydrogen) atoms. The lowest BCUT2D eigenvalue weighted by molar-refractivity contribution is 0.201. The average Bonchev–Trinajstić information content (AvgIpc) is 2.93. The Morgan fingerprint density at radius 3 is 3.05 bits per heavy atom. The zero-order chi connectivity index (χ0) is 14.1. The standard InChI is InChI=1S/C15H20N4OS/c1-2-12(16-6-1)8-19(13-3-4-13)9-14-17-15(18-20-14)11-5-7-21-10-11/h5,7,10,12-13,16H,1-4,6,8-9H2. The van der Waals surface area contributed by atoms with Gasteiger partial charge in [-0.3, -0.25) is 4.90 Å². The molecule has 1 N–H and O–H groups in total. The Bertz CT molecular complexity index is 572. The van der Waals surface area contributed by atoms with E-state index in [0.717, 1.165) is 31.1 Å². The molecule has 0 radical (unpaired) electrons. The Morgan fingerprint density at radius 2 is 2.33 bits per heavy atom. The molecule has 4 rings (SSSR count). The first-order chi connectivity index (χ1) is 10.4. The van der Waals surface area contributed by atoms with Crippen LogP contribution in [0.3, 0.4) is 0 Å². The van der Waals surface area contributed by atoms with Gasteiger partial charge in [0.25, 0.3) is 0 Å². The molecule has 0 amide bonds. The van der Waals surface area contributed by atoms with Crippen LogP contribution in [-0.4, -0.2) is 40.2 Å². The number of nitrogens with zero attached hydrogens (tertiary/aromatic N) is 3. The summed E-state index contributed by atoms with van der Waals surface area (Å²) < 4.78 is 5.44. The molecule has 2 aliphatic rings. The quantitative estimate of drug-likeness (QED) is 0.888. The predicted octanol–water partition coefficient (Wildman–Crippen LogP) is 2.51. The Hall–Kier alpha value is -1.24. The van der Waals surface area contributed by atoms with Gasteiger partial charge in [-0.05, 0) is 43.7 Å². The molecule has 1 unspecified atom stereocenters. The summed E-state index contributed by atoms with van der Waals surface area (Å²) in [7, 11) is 0. The van der Waals surface area contributed by atoms with Crippen LogP contribution in [0.2, 0.25) is 0 Å². The summed E-state index contributed by atoms with van der Waals surface area (Å²) in [5.41, 5.74) is 1.05. The van der Waals surface area contributed by atoms with E-state index in [2.05, 4.69) is 25.7 Å². The first-order valence-corrected chi connectivity index (χ1v) is 8.65. The second-order valence-corrected chi connectivity index (χ2v) is 6.76. The lowest BCUT2D eigenvalue weighted by Gasteiger charge is -2.23. The number of rotatable bonds is 6. The molecule has 2 aromatic heterocycles. The highest BCUT2D eigenvalue weighted by Gasteiger charge is 2.32. The van der Waals surface area contributed by atoms with E-state index in [9.17, 15) is 0 Å². The molecule has 6 heteroatoms. The highest BCUT2D eigenvalue weighted by molar-refractivity contribution is 7.08. The van der Waals surface area contributed by atoms with E-state index >= 15 is 0 Å². The minimum Gasteiger partial charge on any atom is -0.338 e.